The lowest BCUT2D eigenvalue weighted by Crippen LogP contribution is -2.43. The quantitative estimate of drug-likeness (QED) is 0.104. The molecule has 3 aliphatic rings. The molecule has 3 N–H and O–H groups in total. The third-order valence-corrected chi connectivity index (χ3v) is 10.3. The number of carbonyl (C=O) groups excluding carboxylic acids is 2. The van der Waals surface area contributed by atoms with Crippen LogP contribution in [-0.4, -0.2) is 71.0 Å². The van der Waals surface area contributed by atoms with Crippen molar-refractivity contribution in [1.82, 2.24) is 5.32 Å². The van der Waals surface area contributed by atoms with Gasteiger partial charge in [0.25, 0.3) is 5.91 Å². The molecule has 1 saturated heterocycles. The van der Waals surface area contributed by atoms with Gasteiger partial charge in [0, 0.05) is 28.5 Å². The molecule has 0 bridgehead atoms. The topological polar surface area (TPSA) is 160 Å². The van der Waals surface area contributed by atoms with E-state index >= 15 is 0 Å². The van der Waals surface area contributed by atoms with Gasteiger partial charge in [0.1, 0.15) is 5.75 Å². The second-order valence-electron chi connectivity index (χ2n) is 13.0. The summed E-state index contributed by atoms with van der Waals surface area (Å²) >= 11 is 0. The highest BCUT2D eigenvalue weighted by Crippen LogP contribution is 2.55. The third kappa shape index (κ3) is 6.39. The normalized spacial score (nSPS) is 19.7. The van der Waals surface area contributed by atoms with Gasteiger partial charge >= 0.3 is 5.97 Å². The molecule has 1 aliphatic carbocycles. The van der Waals surface area contributed by atoms with Crippen LogP contribution in [0.4, 0.5) is 0 Å². The molecule has 0 saturated carbocycles. The summed E-state index contributed by atoms with van der Waals surface area (Å²) in [6, 6.07) is 17.1. The number of carbonyl (C=O) groups is 2. The summed E-state index contributed by atoms with van der Waals surface area (Å²) in [4.78, 5) is 28.6. The second-order valence-corrected chi connectivity index (χ2v) is 13.0. The van der Waals surface area contributed by atoms with E-state index in [9.17, 15) is 19.8 Å². The van der Waals surface area contributed by atoms with Crippen LogP contribution >= 0.6 is 0 Å². The lowest BCUT2D eigenvalue weighted by molar-refractivity contribution is -0.141. The fraction of sp³-hybridized carbons (Fsp3) is 0.317. The number of aliphatic hydroxyl groups excluding tert-OH is 2. The first kappa shape index (κ1) is 36.4. The van der Waals surface area contributed by atoms with Gasteiger partial charge in [0.2, 0.25) is 6.79 Å². The molecule has 282 valence electrons. The summed E-state index contributed by atoms with van der Waals surface area (Å²) in [5.41, 5.74) is 4.46. The number of benzene rings is 4. The molecular formula is C41H41NO12. The zero-order chi connectivity index (χ0) is 38.1. The first-order chi connectivity index (χ1) is 26.3. The smallest absolute Gasteiger partial charge is 0.310 e. The van der Waals surface area contributed by atoms with E-state index in [4.69, 9.17) is 37.9 Å². The van der Waals surface area contributed by atoms with E-state index in [2.05, 4.69) is 5.32 Å². The van der Waals surface area contributed by atoms with Crippen molar-refractivity contribution in [3.05, 3.63) is 99.6 Å². The van der Waals surface area contributed by atoms with E-state index in [0.717, 1.165) is 5.56 Å². The van der Waals surface area contributed by atoms with Crippen molar-refractivity contribution in [3.63, 3.8) is 0 Å². The van der Waals surface area contributed by atoms with Crippen LogP contribution in [0.3, 0.4) is 0 Å². The second kappa shape index (κ2) is 15.2. The molecule has 1 amide bonds. The molecule has 54 heavy (non-hydrogen) atoms. The summed E-state index contributed by atoms with van der Waals surface area (Å²) in [5, 5.41) is 23.9. The van der Waals surface area contributed by atoms with Gasteiger partial charge in [0.05, 0.1) is 67.3 Å². The highest BCUT2D eigenvalue weighted by Gasteiger charge is 2.53. The van der Waals surface area contributed by atoms with Crippen LogP contribution in [0.1, 0.15) is 50.9 Å². The van der Waals surface area contributed by atoms with Crippen molar-refractivity contribution in [2.75, 3.05) is 48.9 Å². The van der Waals surface area contributed by atoms with Gasteiger partial charge in [-0.3, -0.25) is 9.59 Å². The van der Waals surface area contributed by atoms with Gasteiger partial charge in [-0.2, -0.15) is 0 Å². The first-order valence-electron chi connectivity index (χ1n) is 17.3. The molecule has 1 fully saturated rings. The van der Waals surface area contributed by atoms with E-state index in [1.54, 1.807) is 49.6 Å². The Morgan fingerprint density at radius 3 is 2.02 bits per heavy atom. The molecule has 0 spiro atoms. The average molecular weight is 740 g/mol. The van der Waals surface area contributed by atoms with Crippen molar-refractivity contribution >= 4 is 23.5 Å². The maximum absolute atomic E-state index is 14.8. The maximum atomic E-state index is 14.8. The zero-order valence-electron chi connectivity index (χ0n) is 30.5. The van der Waals surface area contributed by atoms with Crippen molar-refractivity contribution in [1.29, 1.82) is 0 Å². The molecule has 13 heteroatoms. The Kier molecular flexibility index (Phi) is 10.3. The largest absolute Gasteiger partial charge is 0.497 e. The molecule has 4 aromatic carbocycles. The van der Waals surface area contributed by atoms with Crippen LogP contribution < -0.4 is 38.5 Å². The Morgan fingerprint density at radius 2 is 1.41 bits per heavy atom. The maximum Gasteiger partial charge on any atom is 0.310 e. The van der Waals surface area contributed by atoms with Gasteiger partial charge in [-0.1, -0.05) is 12.1 Å². The lowest BCUT2D eigenvalue weighted by Gasteiger charge is -2.39. The number of hydrogen-bond donors (Lipinski definition) is 3. The van der Waals surface area contributed by atoms with Crippen LogP contribution in [0.25, 0.3) is 11.6 Å². The minimum absolute atomic E-state index is 0.0150. The number of aliphatic hydroxyl groups is 2. The summed E-state index contributed by atoms with van der Waals surface area (Å²) in [6.45, 7) is -0.641. The monoisotopic (exact) mass is 739 g/mol. The Hall–Kier alpha value is -5.92. The fourth-order valence-corrected chi connectivity index (χ4v) is 7.79. The summed E-state index contributed by atoms with van der Waals surface area (Å²) in [6.07, 6.45) is 1.73. The predicted molar refractivity (Wildman–Crippen MR) is 195 cm³/mol. The van der Waals surface area contributed by atoms with E-state index in [-0.39, 0.29) is 32.2 Å². The Labute approximate surface area is 311 Å². The number of rotatable bonds is 12. The number of nitrogens with one attached hydrogen (secondary N) is 1. The first-order valence-corrected chi connectivity index (χ1v) is 17.3. The van der Waals surface area contributed by atoms with Crippen molar-refractivity contribution in [3.8, 4) is 40.2 Å². The molecule has 0 aromatic heterocycles. The highest BCUT2D eigenvalue weighted by atomic mass is 16.7. The van der Waals surface area contributed by atoms with Gasteiger partial charge in [-0.25, -0.2) is 0 Å². The number of methoxy groups -OCH3 is 5. The predicted octanol–water partition coefficient (Wildman–Crippen LogP) is 4.78. The molecule has 0 radical (unpaired) electrons. The van der Waals surface area contributed by atoms with Gasteiger partial charge in [0.15, 0.2) is 34.5 Å². The lowest BCUT2D eigenvalue weighted by atomic mass is 9.65. The minimum atomic E-state index is -0.732. The number of esters is 1. The van der Waals surface area contributed by atoms with Crippen LogP contribution in [0, 0.1) is 11.8 Å². The molecule has 4 aromatic rings. The van der Waals surface area contributed by atoms with Crippen molar-refractivity contribution < 1.29 is 57.7 Å². The molecule has 4 atom stereocenters. The summed E-state index contributed by atoms with van der Waals surface area (Å²) in [7, 11) is 7.53. The number of amides is 1. The average Bonchev–Trinajstić information content (AvgIpc) is 3.83. The molecule has 13 nitrogen and oxygen atoms in total. The van der Waals surface area contributed by atoms with Gasteiger partial charge in [-0.05, 0) is 82.4 Å². The summed E-state index contributed by atoms with van der Waals surface area (Å²) in [5.74, 6) is 0.417. The number of hydrogen-bond acceptors (Lipinski definition) is 12. The van der Waals surface area contributed by atoms with Crippen LogP contribution in [0.15, 0.2) is 60.7 Å². The van der Waals surface area contributed by atoms with E-state index in [0.29, 0.717) is 73.6 Å². The number of ether oxygens (including phenoxy) is 8. The van der Waals surface area contributed by atoms with Crippen LogP contribution in [0.2, 0.25) is 0 Å². The number of fused-ring (bicyclic) bond motifs is 3. The van der Waals surface area contributed by atoms with Crippen molar-refractivity contribution in [2.24, 2.45) is 11.8 Å². The molecule has 2 aliphatic heterocycles. The minimum Gasteiger partial charge on any atom is -0.497 e. The highest BCUT2D eigenvalue weighted by molar-refractivity contribution is 6.24. The van der Waals surface area contributed by atoms with E-state index < -0.39 is 35.7 Å². The Bertz CT molecular complexity index is 2060. The van der Waals surface area contributed by atoms with E-state index in [1.807, 2.05) is 24.3 Å². The Morgan fingerprint density at radius 1 is 0.778 bits per heavy atom. The third-order valence-electron chi connectivity index (χ3n) is 10.3. The molecule has 7 rings (SSSR count). The molecular weight excluding hydrogens is 698 g/mol. The van der Waals surface area contributed by atoms with Crippen LogP contribution in [-0.2, 0) is 27.5 Å². The number of cyclic esters (lactones) is 1. The molecule has 0 unspecified atom stereocenters. The SMILES string of the molecule is COc1ccc(/C=C(/C(=O)N[C@@H]2c3cc4c(cc3[C@@H](c3cc(CO)c(OC)c(OC)c3)[C@H]3C(=O)OC[C@@H]32)OCO4)c2cc(CO)c(OC)c(OC)c2)cc1. The van der Waals surface area contributed by atoms with Crippen molar-refractivity contribution in [2.45, 2.75) is 25.2 Å². The molecule has 2 heterocycles. The fourth-order valence-electron chi connectivity index (χ4n) is 7.79. The Balaban J connectivity index is 1.38. The zero-order valence-corrected chi connectivity index (χ0v) is 30.5. The summed E-state index contributed by atoms with van der Waals surface area (Å²) < 4.78 is 45.1. The van der Waals surface area contributed by atoms with E-state index in [1.165, 1.54) is 28.4 Å². The standard InChI is InChI=1S/C41H41NO12/c1-47-26-8-6-21(7-9-26)10-27(22-11-24(17-43)38(50-4)33(13-22)48-2)40(45)42-37-29-16-32-31(53-20-54-32)15-28(29)35(36-30(37)19-52-41(36)46)23-12-25(18-44)39(51-5)34(14-23)49-3/h6-16,30,35-37,43-44H,17-20H2,1-5H3,(H,42,45)/b27-10+/t30-,35+,36-,37+/m0/s1. The van der Waals surface area contributed by atoms with Crippen LogP contribution in [0.5, 0.6) is 40.2 Å². The van der Waals surface area contributed by atoms with Gasteiger partial charge < -0.3 is 53.4 Å². The van der Waals surface area contributed by atoms with Gasteiger partial charge in [-0.15, -0.1) is 0 Å².